The Bertz CT molecular complexity index is 2020. The van der Waals surface area contributed by atoms with Gasteiger partial charge >= 0.3 is 0 Å². The Morgan fingerprint density at radius 1 is 0.744 bits per heavy atom. The SMILES string of the molecule is Cn1cc(NC(=O)c2cc(NC(=O)c3nccn3C)cn2C)cc1C(=O)NCSc1cc2cccnc2c2ncccc12. The smallest absolute Gasteiger partial charge is 0.291 e. The van der Waals surface area contributed by atoms with Gasteiger partial charge in [-0.15, -0.1) is 11.8 Å². The van der Waals surface area contributed by atoms with E-state index in [1.165, 1.54) is 18.0 Å². The lowest BCUT2D eigenvalue weighted by Crippen LogP contribution is -2.24. The summed E-state index contributed by atoms with van der Waals surface area (Å²) in [5.74, 6) is -0.469. The van der Waals surface area contributed by atoms with Crippen LogP contribution in [0.15, 0.2) is 84.5 Å². The maximum Gasteiger partial charge on any atom is 0.291 e. The maximum atomic E-state index is 13.1. The Morgan fingerprint density at radius 2 is 1.40 bits per heavy atom. The van der Waals surface area contributed by atoms with Crippen LogP contribution in [0.4, 0.5) is 11.4 Å². The Balaban J connectivity index is 1.10. The van der Waals surface area contributed by atoms with Gasteiger partial charge in [0.1, 0.15) is 11.4 Å². The molecule has 0 aliphatic heterocycles. The highest BCUT2D eigenvalue weighted by molar-refractivity contribution is 7.99. The number of fused-ring (bicyclic) bond motifs is 3. The van der Waals surface area contributed by atoms with E-state index in [-0.39, 0.29) is 23.5 Å². The van der Waals surface area contributed by atoms with Crippen LogP contribution >= 0.6 is 11.8 Å². The summed E-state index contributed by atoms with van der Waals surface area (Å²) in [5, 5.41) is 10.5. The fourth-order valence-corrected chi connectivity index (χ4v) is 5.71. The molecule has 5 aromatic heterocycles. The van der Waals surface area contributed by atoms with E-state index < -0.39 is 0 Å². The van der Waals surface area contributed by atoms with Crippen molar-refractivity contribution in [2.45, 2.75) is 4.90 Å². The van der Waals surface area contributed by atoms with Gasteiger partial charge in [0, 0.05) is 74.0 Å². The number of anilines is 2. The number of aromatic nitrogens is 6. The number of amides is 3. The first kappa shape index (κ1) is 27.7. The fraction of sp³-hybridized carbons (Fsp3) is 0.133. The molecule has 0 bridgehead atoms. The van der Waals surface area contributed by atoms with E-state index in [2.05, 4.69) is 37.0 Å². The first-order valence-electron chi connectivity index (χ1n) is 13.2. The van der Waals surface area contributed by atoms with Gasteiger partial charge in [-0.05, 0) is 30.3 Å². The summed E-state index contributed by atoms with van der Waals surface area (Å²) in [6.07, 6.45) is 10.0. The van der Waals surface area contributed by atoms with Crippen molar-refractivity contribution in [3.63, 3.8) is 0 Å². The monoisotopic (exact) mass is 593 g/mol. The number of nitrogens with one attached hydrogen (secondary N) is 3. The van der Waals surface area contributed by atoms with Gasteiger partial charge in [0.05, 0.1) is 28.3 Å². The summed E-state index contributed by atoms with van der Waals surface area (Å²) in [4.78, 5) is 52.6. The van der Waals surface area contributed by atoms with E-state index in [9.17, 15) is 14.4 Å². The standard InChI is InChI=1S/C30H27N9O3S/c1-37-11-10-33-27(37)30(42)36-20-14-23(39(3)16-20)29(41)35-19-13-22(38(2)15-19)28(40)34-17-43-24-12-18-6-4-8-31-25(18)26-21(24)7-5-9-32-26/h4-16H,17H2,1-3H3,(H,34,40)(H,35,41)(H,36,42). The quantitative estimate of drug-likeness (QED) is 0.137. The van der Waals surface area contributed by atoms with Crippen molar-refractivity contribution < 1.29 is 14.4 Å². The van der Waals surface area contributed by atoms with Crippen LogP contribution < -0.4 is 16.0 Å². The number of nitrogens with zero attached hydrogens (tertiary/aromatic N) is 6. The molecule has 0 aliphatic carbocycles. The molecule has 0 radical (unpaired) electrons. The lowest BCUT2D eigenvalue weighted by atomic mass is 10.1. The van der Waals surface area contributed by atoms with E-state index in [1.54, 1.807) is 78.0 Å². The highest BCUT2D eigenvalue weighted by Gasteiger charge is 2.18. The Labute approximate surface area is 250 Å². The lowest BCUT2D eigenvalue weighted by Gasteiger charge is -2.10. The third kappa shape index (κ3) is 5.57. The minimum absolute atomic E-state index is 0.253. The van der Waals surface area contributed by atoms with E-state index in [1.807, 2.05) is 24.3 Å². The second kappa shape index (κ2) is 11.4. The molecule has 0 unspecified atom stereocenters. The van der Waals surface area contributed by atoms with Crippen molar-refractivity contribution >= 4 is 62.7 Å². The van der Waals surface area contributed by atoms with Crippen molar-refractivity contribution in [3.05, 3.63) is 96.9 Å². The van der Waals surface area contributed by atoms with Crippen LogP contribution in [0.5, 0.6) is 0 Å². The molecule has 0 aliphatic rings. The van der Waals surface area contributed by atoms with Gasteiger partial charge in [0.15, 0.2) is 5.82 Å². The van der Waals surface area contributed by atoms with Crippen LogP contribution in [0.2, 0.25) is 0 Å². The molecule has 3 N–H and O–H groups in total. The zero-order chi connectivity index (χ0) is 30.1. The number of carbonyl (C=O) groups excluding carboxylic acids is 3. The van der Waals surface area contributed by atoms with Crippen molar-refractivity contribution in [1.82, 2.24) is 34.0 Å². The predicted molar refractivity (Wildman–Crippen MR) is 165 cm³/mol. The Hall–Kier alpha value is -5.43. The number of carbonyl (C=O) groups is 3. The number of pyridine rings is 2. The lowest BCUT2D eigenvalue weighted by molar-refractivity contribution is 0.0951. The minimum Gasteiger partial charge on any atom is -0.344 e. The Kier molecular flexibility index (Phi) is 7.38. The molecule has 0 atom stereocenters. The highest BCUT2D eigenvalue weighted by Crippen LogP contribution is 2.32. The summed E-state index contributed by atoms with van der Waals surface area (Å²) in [5.41, 5.74) is 3.29. The largest absolute Gasteiger partial charge is 0.344 e. The molecule has 0 spiro atoms. The van der Waals surface area contributed by atoms with E-state index >= 15 is 0 Å². The van der Waals surface area contributed by atoms with Gasteiger partial charge in [0.2, 0.25) is 0 Å². The molecule has 6 aromatic rings. The summed E-state index contributed by atoms with van der Waals surface area (Å²) in [6, 6.07) is 13.0. The second-order valence-electron chi connectivity index (χ2n) is 9.86. The number of rotatable bonds is 8. The molecule has 5 heterocycles. The van der Waals surface area contributed by atoms with Gasteiger partial charge < -0.3 is 29.7 Å². The van der Waals surface area contributed by atoms with Crippen LogP contribution in [0, 0.1) is 0 Å². The normalized spacial score (nSPS) is 11.1. The zero-order valence-corrected chi connectivity index (χ0v) is 24.3. The number of benzene rings is 1. The third-order valence-electron chi connectivity index (χ3n) is 6.90. The van der Waals surface area contributed by atoms with Gasteiger partial charge in [-0.25, -0.2) is 4.98 Å². The van der Waals surface area contributed by atoms with Crippen molar-refractivity contribution in [1.29, 1.82) is 0 Å². The van der Waals surface area contributed by atoms with Gasteiger partial charge in [0.25, 0.3) is 17.7 Å². The highest BCUT2D eigenvalue weighted by atomic mass is 32.2. The first-order chi connectivity index (χ1) is 20.8. The van der Waals surface area contributed by atoms with Crippen molar-refractivity contribution in [3.8, 4) is 0 Å². The molecule has 43 heavy (non-hydrogen) atoms. The molecule has 0 saturated carbocycles. The summed E-state index contributed by atoms with van der Waals surface area (Å²) >= 11 is 1.50. The Morgan fingerprint density at radius 3 is 2.09 bits per heavy atom. The summed E-state index contributed by atoms with van der Waals surface area (Å²) in [7, 11) is 5.17. The van der Waals surface area contributed by atoms with Crippen LogP contribution in [0.25, 0.3) is 21.8 Å². The molecule has 6 rings (SSSR count). The minimum atomic E-state index is -0.389. The van der Waals surface area contributed by atoms with Gasteiger partial charge in [-0.3, -0.25) is 24.4 Å². The van der Waals surface area contributed by atoms with Gasteiger partial charge in [-0.2, -0.15) is 0 Å². The van der Waals surface area contributed by atoms with Crippen molar-refractivity contribution in [2.24, 2.45) is 21.1 Å². The molecular weight excluding hydrogens is 566 g/mol. The fourth-order valence-electron chi connectivity index (χ4n) is 4.82. The molecule has 216 valence electrons. The zero-order valence-electron chi connectivity index (χ0n) is 23.5. The molecular formula is C30H27N9O3S. The second-order valence-corrected chi connectivity index (χ2v) is 10.9. The molecule has 12 nitrogen and oxygen atoms in total. The molecule has 13 heteroatoms. The number of imidazole rings is 1. The third-order valence-corrected chi connectivity index (χ3v) is 7.84. The average Bonchev–Trinajstić information content (AvgIpc) is 3.70. The van der Waals surface area contributed by atoms with E-state index in [0.29, 0.717) is 28.6 Å². The van der Waals surface area contributed by atoms with Crippen LogP contribution in [-0.4, -0.2) is 52.3 Å². The number of hydrogen-bond acceptors (Lipinski definition) is 7. The van der Waals surface area contributed by atoms with E-state index in [0.717, 1.165) is 26.7 Å². The molecule has 1 aromatic carbocycles. The first-order valence-corrected chi connectivity index (χ1v) is 14.2. The number of thioether (sulfide) groups is 1. The van der Waals surface area contributed by atoms with Crippen LogP contribution in [-0.2, 0) is 21.1 Å². The topological polar surface area (TPSA) is 141 Å². The average molecular weight is 594 g/mol. The molecule has 0 fully saturated rings. The van der Waals surface area contributed by atoms with Gasteiger partial charge in [-0.1, -0.05) is 12.1 Å². The number of hydrogen-bond donors (Lipinski definition) is 3. The van der Waals surface area contributed by atoms with E-state index in [4.69, 9.17) is 0 Å². The van der Waals surface area contributed by atoms with Crippen molar-refractivity contribution in [2.75, 3.05) is 16.5 Å². The molecule has 0 saturated heterocycles. The maximum absolute atomic E-state index is 13.1. The number of aryl methyl sites for hydroxylation is 3. The predicted octanol–water partition coefficient (Wildman–Crippen LogP) is 4.18. The molecule has 3 amide bonds. The summed E-state index contributed by atoms with van der Waals surface area (Å²) in [6.45, 7) is 0. The summed E-state index contributed by atoms with van der Waals surface area (Å²) < 4.78 is 4.87. The van der Waals surface area contributed by atoms with Crippen LogP contribution in [0.3, 0.4) is 0 Å². The van der Waals surface area contributed by atoms with Crippen LogP contribution in [0.1, 0.15) is 31.6 Å².